The first-order valence-electron chi connectivity index (χ1n) is 4.16. The first-order chi connectivity index (χ1) is 4.79. The lowest BCUT2D eigenvalue weighted by atomic mass is 9.93. The molecule has 60 valence electrons. The van der Waals surface area contributed by atoms with E-state index >= 15 is 0 Å². The van der Waals surface area contributed by atoms with Gasteiger partial charge >= 0.3 is 0 Å². The second-order valence-corrected chi connectivity index (χ2v) is 3.15. The number of alkyl halides is 1. The predicted octanol–water partition coefficient (Wildman–Crippen LogP) is 1.88. The average Bonchev–Trinajstić information content (AvgIpc) is 1.75. The maximum absolute atomic E-state index is 12.2. The second-order valence-electron chi connectivity index (χ2n) is 3.15. The van der Waals surface area contributed by atoms with E-state index in [2.05, 4.69) is 5.32 Å². The minimum atomic E-state index is -0.646. The Balaban J connectivity index is 1.85. The van der Waals surface area contributed by atoms with Crippen LogP contribution in [0.1, 0.15) is 32.6 Å². The lowest BCUT2D eigenvalue weighted by molar-refractivity contribution is 0.297. The molecule has 1 nitrogen and oxygen atoms in total. The quantitative estimate of drug-likeness (QED) is 0.637. The van der Waals surface area contributed by atoms with Crippen LogP contribution in [0.25, 0.3) is 0 Å². The highest BCUT2D eigenvalue weighted by molar-refractivity contribution is 4.76. The summed E-state index contributed by atoms with van der Waals surface area (Å²) < 4.78 is 12.2. The molecule has 0 bridgehead atoms. The molecule has 1 N–H and O–H groups in total. The van der Waals surface area contributed by atoms with E-state index in [1.165, 1.54) is 19.3 Å². The van der Waals surface area contributed by atoms with E-state index in [-0.39, 0.29) is 0 Å². The molecule has 0 heterocycles. The molecule has 0 spiro atoms. The van der Waals surface area contributed by atoms with Crippen LogP contribution < -0.4 is 5.32 Å². The van der Waals surface area contributed by atoms with Crippen LogP contribution in [-0.4, -0.2) is 18.8 Å². The van der Waals surface area contributed by atoms with Gasteiger partial charge in [0.1, 0.15) is 0 Å². The Labute approximate surface area is 62.0 Å². The highest BCUT2D eigenvalue weighted by Gasteiger charge is 2.15. The lowest BCUT2D eigenvalue weighted by Gasteiger charge is -2.26. The first-order valence-corrected chi connectivity index (χ1v) is 4.16. The zero-order chi connectivity index (χ0) is 7.40. The molecule has 1 unspecified atom stereocenters. The van der Waals surface area contributed by atoms with Gasteiger partial charge in [-0.3, -0.25) is 0 Å². The Morgan fingerprint density at radius 2 is 2.30 bits per heavy atom. The SMILES string of the molecule is CC(F)CCNC1CCC1. The molecule has 0 aromatic carbocycles. The number of halogens is 1. The zero-order valence-electron chi connectivity index (χ0n) is 6.57. The monoisotopic (exact) mass is 145 g/mol. The summed E-state index contributed by atoms with van der Waals surface area (Å²) in [6.45, 7) is 2.46. The average molecular weight is 145 g/mol. The summed E-state index contributed by atoms with van der Waals surface area (Å²) in [5.41, 5.74) is 0. The van der Waals surface area contributed by atoms with Crippen molar-refractivity contribution >= 4 is 0 Å². The van der Waals surface area contributed by atoms with Crippen molar-refractivity contribution in [1.82, 2.24) is 5.32 Å². The van der Waals surface area contributed by atoms with Crippen LogP contribution in [0.15, 0.2) is 0 Å². The van der Waals surface area contributed by atoms with Crippen molar-refractivity contribution in [3.63, 3.8) is 0 Å². The predicted molar refractivity (Wildman–Crippen MR) is 40.8 cm³/mol. The molecule has 10 heavy (non-hydrogen) atoms. The molecule has 2 heteroatoms. The van der Waals surface area contributed by atoms with Crippen molar-refractivity contribution < 1.29 is 4.39 Å². The van der Waals surface area contributed by atoms with Gasteiger partial charge in [-0.1, -0.05) is 6.42 Å². The van der Waals surface area contributed by atoms with Crippen molar-refractivity contribution in [2.24, 2.45) is 0 Å². The van der Waals surface area contributed by atoms with E-state index in [0.717, 1.165) is 6.54 Å². The molecule has 1 fully saturated rings. The second kappa shape index (κ2) is 3.91. The maximum Gasteiger partial charge on any atom is 0.0985 e. The molecule has 1 rings (SSSR count). The molecule has 1 aliphatic carbocycles. The molecule has 1 aliphatic rings. The molecule has 0 aromatic rings. The van der Waals surface area contributed by atoms with Gasteiger partial charge in [-0.15, -0.1) is 0 Å². The fourth-order valence-electron chi connectivity index (χ4n) is 1.10. The smallest absolute Gasteiger partial charge is 0.0985 e. The largest absolute Gasteiger partial charge is 0.314 e. The molecule has 1 atom stereocenters. The van der Waals surface area contributed by atoms with Gasteiger partial charge in [0.05, 0.1) is 6.17 Å². The van der Waals surface area contributed by atoms with Crippen molar-refractivity contribution in [1.29, 1.82) is 0 Å². The molecule has 0 aliphatic heterocycles. The maximum atomic E-state index is 12.2. The van der Waals surface area contributed by atoms with Gasteiger partial charge < -0.3 is 5.32 Å². The van der Waals surface area contributed by atoms with Gasteiger partial charge in [0.2, 0.25) is 0 Å². The molecular weight excluding hydrogens is 129 g/mol. The number of hydrogen-bond donors (Lipinski definition) is 1. The molecule has 0 saturated heterocycles. The van der Waals surface area contributed by atoms with Crippen LogP contribution in [0.5, 0.6) is 0 Å². The van der Waals surface area contributed by atoms with Crippen molar-refractivity contribution in [3.05, 3.63) is 0 Å². The van der Waals surface area contributed by atoms with Gasteiger partial charge in [0, 0.05) is 6.04 Å². The Bertz CT molecular complexity index is 89.3. The summed E-state index contributed by atoms with van der Waals surface area (Å²) in [6, 6.07) is 0.707. The summed E-state index contributed by atoms with van der Waals surface area (Å²) in [7, 11) is 0. The highest BCUT2D eigenvalue weighted by atomic mass is 19.1. The van der Waals surface area contributed by atoms with Crippen LogP contribution in [0, 0.1) is 0 Å². The van der Waals surface area contributed by atoms with Gasteiger partial charge in [0.15, 0.2) is 0 Å². The summed E-state index contributed by atoms with van der Waals surface area (Å²) >= 11 is 0. The van der Waals surface area contributed by atoms with Crippen LogP contribution in [0.3, 0.4) is 0 Å². The van der Waals surface area contributed by atoms with Gasteiger partial charge in [0.25, 0.3) is 0 Å². The molecule has 1 saturated carbocycles. The van der Waals surface area contributed by atoms with Crippen LogP contribution in [0.4, 0.5) is 4.39 Å². The van der Waals surface area contributed by atoms with E-state index in [1.807, 2.05) is 0 Å². The Morgan fingerprint density at radius 1 is 1.60 bits per heavy atom. The van der Waals surface area contributed by atoms with Gasteiger partial charge in [-0.2, -0.15) is 0 Å². The number of nitrogens with one attached hydrogen (secondary N) is 1. The van der Waals surface area contributed by atoms with E-state index < -0.39 is 6.17 Å². The van der Waals surface area contributed by atoms with Crippen LogP contribution in [-0.2, 0) is 0 Å². The summed E-state index contributed by atoms with van der Waals surface area (Å²) in [5, 5.41) is 3.31. The Kier molecular flexibility index (Phi) is 3.13. The molecule has 0 amide bonds. The first kappa shape index (κ1) is 7.99. The van der Waals surface area contributed by atoms with Crippen molar-refractivity contribution in [2.45, 2.75) is 44.8 Å². The lowest BCUT2D eigenvalue weighted by Crippen LogP contribution is -2.36. The molecule has 0 aromatic heterocycles. The normalized spacial score (nSPS) is 22.2. The molecular formula is C8H16FN. The minimum Gasteiger partial charge on any atom is -0.314 e. The summed E-state index contributed by atoms with van der Waals surface area (Å²) in [4.78, 5) is 0. The van der Waals surface area contributed by atoms with Crippen LogP contribution in [0.2, 0.25) is 0 Å². The van der Waals surface area contributed by atoms with E-state index in [9.17, 15) is 4.39 Å². The van der Waals surface area contributed by atoms with Gasteiger partial charge in [-0.05, 0) is 32.7 Å². The topological polar surface area (TPSA) is 12.0 Å². The number of rotatable bonds is 4. The third-order valence-corrected chi connectivity index (χ3v) is 2.08. The fourth-order valence-corrected chi connectivity index (χ4v) is 1.10. The third kappa shape index (κ3) is 2.65. The third-order valence-electron chi connectivity index (χ3n) is 2.08. The van der Waals surface area contributed by atoms with E-state index in [0.29, 0.717) is 12.5 Å². The van der Waals surface area contributed by atoms with E-state index in [4.69, 9.17) is 0 Å². The Hall–Kier alpha value is -0.110. The molecule has 0 radical (unpaired) electrons. The van der Waals surface area contributed by atoms with Crippen molar-refractivity contribution in [2.75, 3.05) is 6.54 Å². The van der Waals surface area contributed by atoms with Gasteiger partial charge in [-0.25, -0.2) is 4.39 Å². The zero-order valence-corrected chi connectivity index (χ0v) is 6.57. The fraction of sp³-hybridized carbons (Fsp3) is 1.00. The standard InChI is InChI=1S/C8H16FN/c1-7(9)5-6-10-8-3-2-4-8/h7-8,10H,2-6H2,1H3. The van der Waals surface area contributed by atoms with Crippen molar-refractivity contribution in [3.8, 4) is 0 Å². The summed E-state index contributed by atoms with van der Waals surface area (Å²) in [5.74, 6) is 0. The van der Waals surface area contributed by atoms with Crippen LogP contribution >= 0.6 is 0 Å². The Morgan fingerprint density at radius 3 is 2.70 bits per heavy atom. The highest BCUT2D eigenvalue weighted by Crippen LogP contribution is 2.17. The van der Waals surface area contributed by atoms with E-state index in [1.54, 1.807) is 6.92 Å². The summed E-state index contributed by atoms with van der Waals surface area (Å²) in [6.07, 6.45) is 3.95. The minimum absolute atomic E-state index is 0.646. The number of hydrogen-bond acceptors (Lipinski definition) is 1.